The molecule has 4 fully saturated rings. The standard InChI is InChI=1S/C26H33FO7/c1-14(28)32-13-20(31)26-21(33-22(2,3)34-26)11-18-17-7-6-15-10-16(29)8-9-23(15,4)25(17,27)19(30)12-24(18,26)5/h8-10,17-19,21,30H,6-7,11-13H2,1-5H3/t17-,18-,19-,21-,23-,24-,25-,26+/m0/s1. The average Bonchev–Trinajstić information content (AvgIpc) is 3.14. The predicted molar refractivity (Wildman–Crippen MR) is 118 cm³/mol. The molecule has 1 heterocycles. The van der Waals surface area contributed by atoms with E-state index in [0.717, 1.165) is 0 Å². The number of allylic oxidation sites excluding steroid dienone is 4. The van der Waals surface area contributed by atoms with Crippen molar-refractivity contribution in [2.45, 2.75) is 89.6 Å². The molecule has 7 nitrogen and oxygen atoms in total. The van der Waals surface area contributed by atoms with E-state index in [4.69, 9.17) is 14.2 Å². The number of halogens is 1. The Morgan fingerprint density at radius 3 is 2.62 bits per heavy atom. The molecule has 1 saturated heterocycles. The first kappa shape index (κ1) is 23.8. The fourth-order valence-corrected chi connectivity index (χ4v) is 8.08. The van der Waals surface area contributed by atoms with E-state index in [1.807, 2.05) is 6.92 Å². The maximum atomic E-state index is 17.3. The molecule has 5 aliphatic rings. The smallest absolute Gasteiger partial charge is 0.303 e. The highest BCUT2D eigenvalue weighted by molar-refractivity contribution is 6.01. The van der Waals surface area contributed by atoms with Crippen molar-refractivity contribution in [3.63, 3.8) is 0 Å². The van der Waals surface area contributed by atoms with Gasteiger partial charge >= 0.3 is 5.97 Å². The van der Waals surface area contributed by atoms with Gasteiger partial charge in [0.15, 0.2) is 29.4 Å². The number of ether oxygens (including phenoxy) is 3. The van der Waals surface area contributed by atoms with Crippen LogP contribution < -0.4 is 0 Å². The van der Waals surface area contributed by atoms with Crippen LogP contribution in [0.3, 0.4) is 0 Å². The second-order valence-corrected chi connectivity index (χ2v) is 11.5. The van der Waals surface area contributed by atoms with Crippen LogP contribution in [0.4, 0.5) is 4.39 Å². The number of ketones is 2. The Morgan fingerprint density at radius 2 is 1.94 bits per heavy atom. The number of aliphatic hydroxyl groups is 1. The van der Waals surface area contributed by atoms with Gasteiger partial charge in [0.1, 0.15) is 0 Å². The number of carbonyl (C=O) groups is 3. The van der Waals surface area contributed by atoms with Crippen LogP contribution in [0.2, 0.25) is 0 Å². The summed E-state index contributed by atoms with van der Waals surface area (Å²) in [6, 6.07) is 0. The molecule has 0 unspecified atom stereocenters. The summed E-state index contributed by atoms with van der Waals surface area (Å²) in [6.45, 7) is 7.86. The average molecular weight is 477 g/mol. The lowest BCUT2D eigenvalue weighted by molar-refractivity contribution is -0.246. The molecule has 1 N–H and O–H groups in total. The highest BCUT2D eigenvalue weighted by Gasteiger charge is 2.80. The van der Waals surface area contributed by atoms with Gasteiger partial charge < -0.3 is 19.3 Å². The number of hydrogen-bond acceptors (Lipinski definition) is 7. The van der Waals surface area contributed by atoms with Crippen molar-refractivity contribution < 1.29 is 38.1 Å². The number of hydrogen-bond donors (Lipinski definition) is 1. The third kappa shape index (κ3) is 2.76. The van der Waals surface area contributed by atoms with Crippen LogP contribution in [0.1, 0.15) is 60.3 Å². The zero-order chi connectivity index (χ0) is 24.9. The topological polar surface area (TPSA) is 99.1 Å². The van der Waals surface area contributed by atoms with Gasteiger partial charge in [0, 0.05) is 23.7 Å². The van der Waals surface area contributed by atoms with E-state index >= 15 is 4.39 Å². The number of Topliss-reactive ketones (excluding diaryl/α,β-unsaturated/α-hetero) is 1. The van der Waals surface area contributed by atoms with Crippen LogP contribution in [0.15, 0.2) is 23.8 Å². The van der Waals surface area contributed by atoms with Crippen molar-refractivity contribution in [2.24, 2.45) is 22.7 Å². The minimum atomic E-state index is -2.01. The van der Waals surface area contributed by atoms with E-state index in [1.54, 1.807) is 26.8 Å². The minimum absolute atomic E-state index is 0.0168. The third-order valence-corrected chi connectivity index (χ3v) is 9.45. The van der Waals surface area contributed by atoms with Crippen molar-refractivity contribution in [1.29, 1.82) is 0 Å². The van der Waals surface area contributed by atoms with E-state index in [2.05, 4.69) is 0 Å². The van der Waals surface area contributed by atoms with Crippen molar-refractivity contribution in [3.05, 3.63) is 23.8 Å². The van der Waals surface area contributed by atoms with Gasteiger partial charge in [-0.15, -0.1) is 0 Å². The lowest BCUT2D eigenvalue weighted by Gasteiger charge is -2.62. The lowest BCUT2D eigenvalue weighted by Crippen LogP contribution is -2.70. The van der Waals surface area contributed by atoms with Crippen molar-refractivity contribution in [3.8, 4) is 0 Å². The predicted octanol–water partition coefficient (Wildman–Crippen LogP) is 2.99. The first-order valence-electron chi connectivity index (χ1n) is 12.1. The van der Waals surface area contributed by atoms with Gasteiger partial charge in [0.2, 0.25) is 5.78 Å². The minimum Gasteiger partial charge on any atom is -0.458 e. The molecule has 0 aromatic rings. The molecule has 0 amide bonds. The van der Waals surface area contributed by atoms with Gasteiger partial charge in [-0.25, -0.2) is 4.39 Å². The van der Waals surface area contributed by atoms with Crippen molar-refractivity contribution >= 4 is 17.5 Å². The van der Waals surface area contributed by atoms with Crippen molar-refractivity contribution in [1.82, 2.24) is 0 Å². The summed E-state index contributed by atoms with van der Waals surface area (Å²) in [5, 5.41) is 11.5. The summed E-state index contributed by atoms with van der Waals surface area (Å²) in [5.74, 6) is -3.11. The second kappa shape index (κ2) is 7.08. The highest BCUT2D eigenvalue weighted by atomic mass is 19.1. The molecule has 0 bridgehead atoms. The van der Waals surface area contributed by atoms with Gasteiger partial charge in [0.25, 0.3) is 0 Å². The van der Waals surface area contributed by atoms with Crippen molar-refractivity contribution in [2.75, 3.05) is 6.61 Å². The molecule has 186 valence electrons. The summed E-state index contributed by atoms with van der Waals surface area (Å²) in [4.78, 5) is 37.1. The van der Waals surface area contributed by atoms with Crippen LogP contribution in [0.5, 0.6) is 0 Å². The second-order valence-electron chi connectivity index (χ2n) is 11.5. The number of aliphatic hydroxyl groups excluding tert-OH is 1. The molecule has 34 heavy (non-hydrogen) atoms. The van der Waals surface area contributed by atoms with Crippen LogP contribution >= 0.6 is 0 Å². The quantitative estimate of drug-likeness (QED) is 0.625. The summed E-state index contributed by atoms with van der Waals surface area (Å²) >= 11 is 0. The van der Waals surface area contributed by atoms with E-state index in [-0.39, 0.29) is 18.1 Å². The Bertz CT molecular complexity index is 1030. The van der Waals surface area contributed by atoms with Crippen LogP contribution in [-0.2, 0) is 28.6 Å². The Kier molecular flexibility index (Phi) is 4.96. The number of alkyl halides is 1. The molecule has 8 heteroatoms. The number of rotatable bonds is 3. The SMILES string of the molecule is CC(=O)OCC(=O)[C@@]12OC(C)(C)O[C@H]1C[C@H]1[C@@H]3CCC4=CC(=O)C=C[C@]4(C)[C@@]3(F)[C@@H](O)C[C@@]12C. The summed E-state index contributed by atoms with van der Waals surface area (Å²) in [6.07, 6.45) is 3.81. The van der Waals surface area contributed by atoms with Gasteiger partial charge in [-0.2, -0.15) is 0 Å². The molecular formula is C26H33FO7. The Labute approximate surface area is 198 Å². The lowest BCUT2D eigenvalue weighted by atomic mass is 9.44. The highest BCUT2D eigenvalue weighted by Crippen LogP contribution is 2.72. The number of carbonyl (C=O) groups excluding carboxylic acids is 3. The zero-order valence-electron chi connectivity index (χ0n) is 20.4. The van der Waals surface area contributed by atoms with E-state index in [0.29, 0.717) is 24.8 Å². The van der Waals surface area contributed by atoms with Crippen LogP contribution in [0.25, 0.3) is 0 Å². The monoisotopic (exact) mass is 476 g/mol. The summed E-state index contributed by atoms with van der Waals surface area (Å²) < 4.78 is 34.9. The van der Waals surface area contributed by atoms with E-state index < -0.39 is 64.4 Å². The van der Waals surface area contributed by atoms with Gasteiger partial charge in [-0.05, 0) is 64.5 Å². The maximum absolute atomic E-state index is 17.3. The normalized spacial score (nSPS) is 48.3. The summed E-state index contributed by atoms with van der Waals surface area (Å²) in [7, 11) is 0. The van der Waals surface area contributed by atoms with Crippen LogP contribution in [-0.4, -0.2) is 58.5 Å². The molecule has 5 rings (SSSR count). The Morgan fingerprint density at radius 1 is 1.24 bits per heavy atom. The first-order valence-corrected chi connectivity index (χ1v) is 12.1. The largest absolute Gasteiger partial charge is 0.458 e. The number of fused-ring (bicyclic) bond motifs is 7. The molecule has 8 atom stereocenters. The molecule has 0 aromatic heterocycles. The zero-order valence-corrected chi connectivity index (χ0v) is 20.4. The third-order valence-electron chi connectivity index (χ3n) is 9.45. The molecule has 0 radical (unpaired) electrons. The first-order chi connectivity index (χ1) is 15.7. The molecule has 3 saturated carbocycles. The van der Waals surface area contributed by atoms with Gasteiger partial charge in [-0.1, -0.05) is 18.6 Å². The van der Waals surface area contributed by atoms with Crippen LogP contribution in [0, 0.1) is 22.7 Å². The summed E-state index contributed by atoms with van der Waals surface area (Å²) in [5.41, 5.74) is -4.82. The van der Waals surface area contributed by atoms with Gasteiger partial charge in [0.05, 0.1) is 12.2 Å². The fraction of sp³-hybridized carbons (Fsp3) is 0.731. The van der Waals surface area contributed by atoms with Gasteiger partial charge in [-0.3, -0.25) is 14.4 Å². The maximum Gasteiger partial charge on any atom is 0.303 e. The van der Waals surface area contributed by atoms with E-state index in [1.165, 1.54) is 19.1 Å². The fourth-order valence-electron chi connectivity index (χ4n) is 8.08. The Hall–Kier alpha value is -1.90. The molecule has 0 aromatic carbocycles. The molecule has 4 aliphatic carbocycles. The van der Waals surface area contributed by atoms with E-state index in [9.17, 15) is 19.5 Å². The molecular weight excluding hydrogens is 443 g/mol. The molecule has 0 spiro atoms. The molecule has 1 aliphatic heterocycles. The number of esters is 1. The Balaban J connectivity index is 1.60.